The zero-order valence-corrected chi connectivity index (χ0v) is 13.8. The smallest absolute Gasteiger partial charge is 0.180 e. The minimum Gasteiger partial charge on any atom is -0.493 e. The normalized spacial score (nSPS) is 26.4. The van der Waals surface area contributed by atoms with Crippen LogP contribution in [0.2, 0.25) is 5.02 Å². The van der Waals surface area contributed by atoms with E-state index in [2.05, 4.69) is 13.8 Å². The van der Waals surface area contributed by atoms with Crippen molar-refractivity contribution in [3.63, 3.8) is 0 Å². The van der Waals surface area contributed by atoms with Crippen LogP contribution in [0, 0.1) is 11.8 Å². The molecule has 1 aromatic carbocycles. The zero-order chi connectivity index (χ0) is 14.7. The van der Waals surface area contributed by atoms with Gasteiger partial charge in [-0.1, -0.05) is 25.4 Å². The SMILES string of the molecule is COc1cc(CCl)cc(Cl)c1OC1CCC(C)C(C)C1. The summed E-state index contributed by atoms with van der Waals surface area (Å²) in [5.74, 6) is 3.18. The van der Waals surface area contributed by atoms with Crippen LogP contribution < -0.4 is 9.47 Å². The maximum absolute atomic E-state index is 6.31. The minimum atomic E-state index is 0.217. The van der Waals surface area contributed by atoms with Gasteiger partial charge in [0, 0.05) is 5.88 Å². The van der Waals surface area contributed by atoms with Crippen molar-refractivity contribution in [2.45, 2.75) is 45.1 Å². The van der Waals surface area contributed by atoms with Crippen molar-refractivity contribution in [2.75, 3.05) is 7.11 Å². The van der Waals surface area contributed by atoms with E-state index >= 15 is 0 Å². The lowest BCUT2D eigenvalue weighted by Crippen LogP contribution is -2.29. The van der Waals surface area contributed by atoms with Crippen molar-refractivity contribution in [1.82, 2.24) is 0 Å². The summed E-state index contributed by atoms with van der Waals surface area (Å²) in [7, 11) is 1.63. The summed E-state index contributed by atoms with van der Waals surface area (Å²) in [6.45, 7) is 4.60. The first-order chi connectivity index (χ1) is 9.55. The fourth-order valence-electron chi connectivity index (χ4n) is 2.74. The highest BCUT2D eigenvalue weighted by molar-refractivity contribution is 6.32. The largest absolute Gasteiger partial charge is 0.493 e. The molecule has 0 aliphatic heterocycles. The average Bonchev–Trinajstić information content (AvgIpc) is 2.44. The van der Waals surface area contributed by atoms with Gasteiger partial charge in [0.15, 0.2) is 11.5 Å². The summed E-state index contributed by atoms with van der Waals surface area (Å²) >= 11 is 12.2. The third-order valence-corrected chi connectivity index (χ3v) is 4.87. The Labute approximate surface area is 131 Å². The second kappa shape index (κ2) is 6.91. The number of ether oxygens (including phenoxy) is 2. The highest BCUT2D eigenvalue weighted by Gasteiger charge is 2.27. The molecule has 0 heterocycles. The third kappa shape index (κ3) is 3.53. The lowest BCUT2D eigenvalue weighted by molar-refractivity contribution is 0.0978. The van der Waals surface area contributed by atoms with E-state index in [1.165, 1.54) is 6.42 Å². The van der Waals surface area contributed by atoms with E-state index in [9.17, 15) is 0 Å². The Bertz CT molecular complexity index is 462. The number of rotatable bonds is 4. The van der Waals surface area contributed by atoms with Crippen molar-refractivity contribution in [2.24, 2.45) is 11.8 Å². The van der Waals surface area contributed by atoms with E-state index in [1.807, 2.05) is 12.1 Å². The Morgan fingerprint density at radius 2 is 1.95 bits per heavy atom. The predicted molar refractivity (Wildman–Crippen MR) is 84.2 cm³/mol. The summed E-state index contributed by atoms with van der Waals surface area (Å²) in [6.07, 6.45) is 3.56. The van der Waals surface area contributed by atoms with E-state index in [4.69, 9.17) is 32.7 Å². The number of benzene rings is 1. The van der Waals surface area contributed by atoms with Crippen molar-refractivity contribution in [3.8, 4) is 11.5 Å². The van der Waals surface area contributed by atoms with Gasteiger partial charge in [0.2, 0.25) is 0 Å². The van der Waals surface area contributed by atoms with E-state index < -0.39 is 0 Å². The molecule has 0 spiro atoms. The predicted octanol–water partition coefficient (Wildman–Crippen LogP) is 5.29. The first-order valence-corrected chi connectivity index (χ1v) is 8.05. The third-order valence-electron chi connectivity index (χ3n) is 4.28. The molecule has 0 bridgehead atoms. The van der Waals surface area contributed by atoms with Gasteiger partial charge in [-0.25, -0.2) is 0 Å². The number of hydrogen-bond donors (Lipinski definition) is 0. The Kier molecular flexibility index (Phi) is 5.45. The molecule has 20 heavy (non-hydrogen) atoms. The molecule has 112 valence electrons. The minimum absolute atomic E-state index is 0.217. The van der Waals surface area contributed by atoms with Crippen LogP contribution in [0.4, 0.5) is 0 Å². The van der Waals surface area contributed by atoms with Gasteiger partial charge in [0.25, 0.3) is 0 Å². The van der Waals surface area contributed by atoms with Crippen LogP contribution in [0.25, 0.3) is 0 Å². The van der Waals surface area contributed by atoms with Crippen molar-refractivity contribution >= 4 is 23.2 Å². The lowest BCUT2D eigenvalue weighted by atomic mass is 9.80. The van der Waals surface area contributed by atoms with E-state index in [0.29, 0.717) is 28.3 Å². The zero-order valence-electron chi connectivity index (χ0n) is 12.3. The van der Waals surface area contributed by atoms with Gasteiger partial charge in [-0.15, -0.1) is 11.6 Å². The van der Waals surface area contributed by atoms with Gasteiger partial charge in [-0.2, -0.15) is 0 Å². The summed E-state index contributed by atoms with van der Waals surface area (Å²) < 4.78 is 11.5. The van der Waals surface area contributed by atoms with E-state index in [-0.39, 0.29) is 6.10 Å². The van der Waals surface area contributed by atoms with Crippen molar-refractivity contribution in [3.05, 3.63) is 22.7 Å². The average molecular weight is 317 g/mol. The molecule has 0 saturated heterocycles. The molecule has 3 atom stereocenters. The molecule has 1 aliphatic rings. The van der Waals surface area contributed by atoms with Gasteiger partial charge < -0.3 is 9.47 Å². The molecule has 3 unspecified atom stereocenters. The molecule has 4 heteroatoms. The summed E-state index contributed by atoms with van der Waals surface area (Å²) in [4.78, 5) is 0. The monoisotopic (exact) mass is 316 g/mol. The molecule has 1 saturated carbocycles. The lowest BCUT2D eigenvalue weighted by Gasteiger charge is -2.32. The Hall–Kier alpha value is -0.600. The molecule has 0 N–H and O–H groups in total. The van der Waals surface area contributed by atoms with Crippen LogP contribution in [0.15, 0.2) is 12.1 Å². The number of halogens is 2. The van der Waals surface area contributed by atoms with Gasteiger partial charge in [0.05, 0.1) is 18.2 Å². The molecule has 1 fully saturated rings. The van der Waals surface area contributed by atoms with Gasteiger partial charge >= 0.3 is 0 Å². The van der Waals surface area contributed by atoms with Crippen LogP contribution >= 0.6 is 23.2 Å². The summed E-state index contributed by atoms with van der Waals surface area (Å²) in [6, 6.07) is 3.74. The highest BCUT2D eigenvalue weighted by atomic mass is 35.5. The van der Waals surface area contributed by atoms with Crippen LogP contribution in [-0.2, 0) is 5.88 Å². The van der Waals surface area contributed by atoms with Crippen molar-refractivity contribution in [1.29, 1.82) is 0 Å². The Morgan fingerprint density at radius 1 is 1.20 bits per heavy atom. The topological polar surface area (TPSA) is 18.5 Å². The molecule has 1 aliphatic carbocycles. The van der Waals surface area contributed by atoms with Gasteiger partial charge in [-0.3, -0.25) is 0 Å². The maximum atomic E-state index is 6.31. The Morgan fingerprint density at radius 3 is 2.55 bits per heavy atom. The second-order valence-electron chi connectivity index (χ2n) is 5.75. The van der Waals surface area contributed by atoms with Crippen LogP contribution in [0.1, 0.15) is 38.7 Å². The fraction of sp³-hybridized carbons (Fsp3) is 0.625. The summed E-state index contributed by atoms with van der Waals surface area (Å²) in [5, 5.41) is 0.575. The molecule has 0 aromatic heterocycles. The van der Waals surface area contributed by atoms with Crippen LogP contribution in [-0.4, -0.2) is 13.2 Å². The number of methoxy groups -OCH3 is 1. The fourth-order valence-corrected chi connectivity index (χ4v) is 3.17. The standard InChI is InChI=1S/C16H22Cl2O2/c1-10-4-5-13(6-11(10)2)20-16-14(18)7-12(9-17)8-15(16)19-3/h7-8,10-11,13H,4-6,9H2,1-3H3. The summed E-state index contributed by atoms with van der Waals surface area (Å²) in [5.41, 5.74) is 0.937. The molecular weight excluding hydrogens is 295 g/mol. The quantitative estimate of drug-likeness (QED) is 0.702. The van der Waals surface area contributed by atoms with E-state index in [1.54, 1.807) is 7.11 Å². The number of alkyl halides is 1. The van der Waals surface area contributed by atoms with Crippen LogP contribution in [0.3, 0.4) is 0 Å². The molecule has 0 amide bonds. The van der Waals surface area contributed by atoms with Gasteiger partial charge in [0.1, 0.15) is 0 Å². The maximum Gasteiger partial charge on any atom is 0.180 e. The van der Waals surface area contributed by atoms with Crippen LogP contribution in [0.5, 0.6) is 11.5 Å². The van der Waals surface area contributed by atoms with E-state index in [0.717, 1.165) is 24.3 Å². The number of hydrogen-bond acceptors (Lipinski definition) is 2. The molecule has 2 nitrogen and oxygen atoms in total. The van der Waals surface area contributed by atoms with Crippen molar-refractivity contribution < 1.29 is 9.47 Å². The van der Waals surface area contributed by atoms with Gasteiger partial charge in [-0.05, 0) is 48.8 Å². The highest BCUT2D eigenvalue weighted by Crippen LogP contribution is 2.40. The molecule has 1 aromatic rings. The first kappa shape index (κ1) is 15.8. The first-order valence-electron chi connectivity index (χ1n) is 7.14. The Balaban J connectivity index is 2.16. The molecular formula is C16H22Cl2O2. The molecule has 0 radical (unpaired) electrons. The molecule has 2 rings (SSSR count). The second-order valence-corrected chi connectivity index (χ2v) is 6.42.